The summed E-state index contributed by atoms with van der Waals surface area (Å²) in [6.45, 7) is 0. The third-order valence-corrected chi connectivity index (χ3v) is 3.78. The van der Waals surface area contributed by atoms with Crippen LogP contribution in [0.1, 0.15) is 31.2 Å². The highest BCUT2D eigenvalue weighted by atomic mass is 16.4. The van der Waals surface area contributed by atoms with Crippen LogP contribution in [0.5, 0.6) is 0 Å². The van der Waals surface area contributed by atoms with Crippen molar-refractivity contribution in [2.75, 3.05) is 0 Å². The van der Waals surface area contributed by atoms with E-state index in [-0.39, 0.29) is 18.7 Å². The van der Waals surface area contributed by atoms with E-state index in [2.05, 4.69) is 5.32 Å². The van der Waals surface area contributed by atoms with Crippen molar-refractivity contribution in [3.8, 4) is 0 Å². The lowest BCUT2D eigenvalue weighted by Gasteiger charge is -2.37. The first kappa shape index (κ1) is 14.5. The Morgan fingerprint density at radius 2 is 1.95 bits per heavy atom. The van der Waals surface area contributed by atoms with Crippen molar-refractivity contribution >= 4 is 11.9 Å². The van der Waals surface area contributed by atoms with Crippen molar-refractivity contribution in [1.82, 2.24) is 5.32 Å². The van der Waals surface area contributed by atoms with Crippen molar-refractivity contribution in [1.29, 1.82) is 0 Å². The molecule has 0 bridgehead atoms. The molecule has 1 aromatic rings. The SMILES string of the molecule is NC1(CC(=O)N[C@H](Cc2ccccc2)C(=O)O)CCC1. The first-order chi connectivity index (χ1) is 9.48. The lowest BCUT2D eigenvalue weighted by molar-refractivity contribution is -0.142. The molecule has 108 valence electrons. The summed E-state index contributed by atoms with van der Waals surface area (Å²) in [5.74, 6) is -1.31. The van der Waals surface area contributed by atoms with E-state index in [0.29, 0.717) is 0 Å². The molecule has 5 nitrogen and oxygen atoms in total. The minimum Gasteiger partial charge on any atom is -0.480 e. The van der Waals surface area contributed by atoms with Crippen LogP contribution in [0.3, 0.4) is 0 Å². The van der Waals surface area contributed by atoms with E-state index in [1.807, 2.05) is 30.3 Å². The number of rotatable bonds is 6. The molecule has 2 rings (SSSR count). The fraction of sp³-hybridized carbons (Fsp3) is 0.467. The monoisotopic (exact) mass is 276 g/mol. The molecule has 1 saturated carbocycles. The van der Waals surface area contributed by atoms with E-state index in [1.165, 1.54) is 0 Å². The lowest BCUT2D eigenvalue weighted by Crippen LogP contribution is -2.52. The van der Waals surface area contributed by atoms with Gasteiger partial charge in [-0.2, -0.15) is 0 Å². The largest absolute Gasteiger partial charge is 0.480 e. The Hall–Kier alpha value is -1.88. The Kier molecular flexibility index (Phi) is 4.39. The average Bonchev–Trinajstić information content (AvgIpc) is 2.37. The molecule has 1 amide bonds. The van der Waals surface area contributed by atoms with Crippen LogP contribution in [0.25, 0.3) is 0 Å². The number of aliphatic carboxylic acids is 1. The van der Waals surface area contributed by atoms with E-state index in [4.69, 9.17) is 5.73 Å². The number of carbonyl (C=O) groups excluding carboxylic acids is 1. The number of carbonyl (C=O) groups is 2. The number of hydrogen-bond acceptors (Lipinski definition) is 3. The number of amides is 1. The summed E-state index contributed by atoms with van der Waals surface area (Å²) in [5, 5.41) is 11.8. The van der Waals surface area contributed by atoms with E-state index in [9.17, 15) is 14.7 Å². The van der Waals surface area contributed by atoms with Crippen LogP contribution in [-0.2, 0) is 16.0 Å². The standard InChI is InChI=1S/C15H20N2O3/c16-15(7-4-8-15)10-13(18)17-12(14(19)20)9-11-5-2-1-3-6-11/h1-3,5-6,12H,4,7-10,16H2,(H,17,18)(H,19,20)/t12-/m1/s1. The third kappa shape index (κ3) is 3.81. The Balaban J connectivity index is 1.92. The molecule has 1 aliphatic rings. The second kappa shape index (κ2) is 6.05. The highest BCUT2D eigenvalue weighted by Gasteiger charge is 2.35. The number of hydrogen-bond donors (Lipinski definition) is 3. The average molecular weight is 276 g/mol. The predicted molar refractivity (Wildman–Crippen MR) is 75.1 cm³/mol. The second-order valence-electron chi connectivity index (χ2n) is 5.54. The molecule has 1 aromatic carbocycles. The van der Waals surface area contributed by atoms with Gasteiger partial charge >= 0.3 is 5.97 Å². The maximum atomic E-state index is 11.9. The van der Waals surface area contributed by atoms with Crippen LogP contribution in [0.15, 0.2) is 30.3 Å². The zero-order valence-electron chi connectivity index (χ0n) is 11.3. The maximum absolute atomic E-state index is 11.9. The molecular weight excluding hydrogens is 256 g/mol. The van der Waals surface area contributed by atoms with Gasteiger partial charge in [-0.3, -0.25) is 4.79 Å². The molecule has 1 fully saturated rings. The molecule has 1 atom stereocenters. The molecule has 1 aliphatic carbocycles. The summed E-state index contributed by atoms with van der Waals surface area (Å²) in [7, 11) is 0. The van der Waals surface area contributed by atoms with Crippen LogP contribution >= 0.6 is 0 Å². The van der Waals surface area contributed by atoms with Crippen LogP contribution < -0.4 is 11.1 Å². The summed E-state index contributed by atoms with van der Waals surface area (Å²) >= 11 is 0. The van der Waals surface area contributed by atoms with Gasteiger partial charge in [-0.15, -0.1) is 0 Å². The van der Waals surface area contributed by atoms with Crippen molar-refractivity contribution in [3.63, 3.8) is 0 Å². The topological polar surface area (TPSA) is 92.4 Å². The third-order valence-electron chi connectivity index (χ3n) is 3.78. The number of benzene rings is 1. The minimum atomic E-state index is -1.03. The molecule has 0 radical (unpaired) electrons. The van der Waals surface area contributed by atoms with Crippen molar-refractivity contribution in [3.05, 3.63) is 35.9 Å². The highest BCUT2D eigenvalue weighted by Crippen LogP contribution is 2.31. The molecule has 0 saturated heterocycles. The fourth-order valence-corrected chi connectivity index (χ4v) is 2.42. The predicted octanol–water partition coefficient (Wildman–Crippen LogP) is 1.07. The summed E-state index contributed by atoms with van der Waals surface area (Å²) in [4.78, 5) is 23.1. The maximum Gasteiger partial charge on any atom is 0.326 e. The summed E-state index contributed by atoms with van der Waals surface area (Å²) < 4.78 is 0. The van der Waals surface area contributed by atoms with Crippen molar-refractivity contribution in [2.45, 2.75) is 43.7 Å². The first-order valence-electron chi connectivity index (χ1n) is 6.83. The molecule has 0 spiro atoms. The van der Waals surface area contributed by atoms with Crippen molar-refractivity contribution < 1.29 is 14.7 Å². The van der Waals surface area contributed by atoms with Crippen LogP contribution in [0, 0.1) is 0 Å². The summed E-state index contributed by atoms with van der Waals surface area (Å²) in [6, 6.07) is 8.34. The molecule has 0 aromatic heterocycles. The number of nitrogens with one attached hydrogen (secondary N) is 1. The Morgan fingerprint density at radius 1 is 1.30 bits per heavy atom. The van der Waals surface area contributed by atoms with Gasteiger partial charge in [0, 0.05) is 18.4 Å². The van der Waals surface area contributed by atoms with Gasteiger partial charge in [0.05, 0.1) is 0 Å². The van der Waals surface area contributed by atoms with E-state index >= 15 is 0 Å². The summed E-state index contributed by atoms with van der Waals surface area (Å²) in [6.07, 6.45) is 3.18. The summed E-state index contributed by atoms with van der Waals surface area (Å²) in [5.41, 5.74) is 6.45. The molecule has 0 unspecified atom stereocenters. The molecule has 20 heavy (non-hydrogen) atoms. The number of carboxylic acid groups (broad SMARTS) is 1. The molecule has 5 heteroatoms. The van der Waals surface area contributed by atoms with E-state index in [1.54, 1.807) is 0 Å². The van der Waals surface area contributed by atoms with Crippen LogP contribution in [-0.4, -0.2) is 28.6 Å². The van der Waals surface area contributed by atoms with Gasteiger partial charge in [0.25, 0.3) is 0 Å². The van der Waals surface area contributed by atoms with Gasteiger partial charge in [0.2, 0.25) is 5.91 Å². The van der Waals surface area contributed by atoms with E-state index in [0.717, 1.165) is 24.8 Å². The normalized spacial score (nSPS) is 17.9. The Morgan fingerprint density at radius 3 is 2.45 bits per heavy atom. The second-order valence-corrected chi connectivity index (χ2v) is 5.54. The molecule has 4 N–H and O–H groups in total. The van der Waals surface area contributed by atoms with Crippen molar-refractivity contribution in [2.24, 2.45) is 5.73 Å². The van der Waals surface area contributed by atoms with Gasteiger partial charge in [-0.1, -0.05) is 30.3 Å². The lowest BCUT2D eigenvalue weighted by atomic mass is 9.75. The highest BCUT2D eigenvalue weighted by molar-refractivity contribution is 5.84. The molecule has 0 heterocycles. The number of carboxylic acids is 1. The molecular formula is C15H20N2O3. The van der Waals surface area contributed by atoms with Crippen LogP contribution in [0.2, 0.25) is 0 Å². The quantitative estimate of drug-likeness (QED) is 0.724. The zero-order chi connectivity index (χ0) is 14.6. The van der Waals surface area contributed by atoms with Gasteiger partial charge < -0.3 is 16.2 Å². The van der Waals surface area contributed by atoms with Gasteiger partial charge in [0.15, 0.2) is 0 Å². The fourth-order valence-electron chi connectivity index (χ4n) is 2.42. The zero-order valence-corrected chi connectivity index (χ0v) is 11.3. The Labute approximate surface area is 118 Å². The van der Waals surface area contributed by atoms with E-state index < -0.39 is 17.6 Å². The molecule has 0 aliphatic heterocycles. The smallest absolute Gasteiger partial charge is 0.326 e. The van der Waals surface area contributed by atoms with Gasteiger partial charge in [-0.05, 0) is 24.8 Å². The Bertz CT molecular complexity index is 483. The number of nitrogens with two attached hydrogens (primary N) is 1. The first-order valence-corrected chi connectivity index (χ1v) is 6.83. The van der Waals surface area contributed by atoms with Crippen LogP contribution in [0.4, 0.5) is 0 Å². The van der Waals surface area contributed by atoms with Gasteiger partial charge in [0.1, 0.15) is 6.04 Å². The van der Waals surface area contributed by atoms with Gasteiger partial charge in [-0.25, -0.2) is 4.79 Å². The minimum absolute atomic E-state index is 0.200.